The highest BCUT2D eigenvalue weighted by Gasteiger charge is 2.22. The molecule has 0 fully saturated rings. The van der Waals surface area contributed by atoms with Crippen LogP contribution < -0.4 is 10.2 Å². The Hall–Kier alpha value is -3.96. The fourth-order valence-corrected chi connectivity index (χ4v) is 4.98. The van der Waals surface area contributed by atoms with Gasteiger partial charge in [-0.3, -0.25) is 9.59 Å². The molecule has 2 unspecified atom stereocenters. The average molecular weight is 573 g/mol. The summed E-state index contributed by atoms with van der Waals surface area (Å²) in [5.41, 5.74) is 5.99. The van der Waals surface area contributed by atoms with E-state index in [0.717, 1.165) is 22.6 Å². The third-order valence-corrected chi connectivity index (χ3v) is 7.55. The van der Waals surface area contributed by atoms with Crippen molar-refractivity contribution in [1.82, 2.24) is 9.47 Å². The van der Waals surface area contributed by atoms with E-state index in [2.05, 4.69) is 19.1 Å². The zero-order valence-electron chi connectivity index (χ0n) is 24.3. The van der Waals surface area contributed by atoms with Gasteiger partial charge >= 0.3 is 0 Å². The minimum absolute atomic E-state index is 0.0278. The summed E-state index contributed by atoms with van der Waals surface area (Å²) in [5, 5.41) is 1.35. The maximum absolute atomic E-state index is 14.5. The molecule has 2 atom stereocenters. The molecule has 41 heavy (non-hydrogen) atoms. The third-order valence-electron chi connectivity index (χ3n) is 7.22. The lowest BCUT2D eigenvalue weighted by atomic mass is 10.1. The van der Waals surface area contributed by atoms with Gasteiger partial charge in [-0.1, -0.05) is 51.7 Å². The maximum Gasteiger partial charge on any atom is 0.257 e. The predicted octanol–water partition coefficient (Wildman–Crippen LogP) is 6.96. The molecule has 4 aromatic rings. The highest BCUT2D eigenvalue weighted by Crippen LogP contribution is 2.34. The molecule has 4 rings (SSSR count). The van der Waals surface area contributed by atoms with Crippen molar-refractivity contribution in [3.05, 3.63) is 107 Å². The topological polar surface area (TPSA) is 57.6 Å². The Bertz CT molecular complexity index is 1510. The number of nitrogens with one attached hydrogen (secondary N) is 1. The molecule has 1 heterocycles. The van der Waals surface area contributed by atoms with Crippen LogP contribution in [0.1, 0.15) is 45.3 Å². The number of rotatable bonds is 10. The normalized spacial score (nSPS) is 12.5. The van der Waals surface area contributed by atoms with Crippen molar-refractivity contribution in [2.45, 2.75) is 32.2 Å². The summed E-state index contributed by atoms with van der Waals surface area (Å²) in [7, 11) is 7.93. The zero-order chi connectivity index (χ0) is 29.7. The molecule has 3 aromatic carbocycles. The number of alkyl halides is 1. The lowest BCUT2D eigenvalue weighted by Gasteiger charge is -2.19. The Morgan fingerprint density at radius 3 is 2.27 bits per heavy atom. The lowest BCUT2D eigenvalue weighted by molar-refractivity contribution is 0.0792. The Morgan fingerprint density at radius 2 is 1.63 bits per heavy atom. The minimum Gasteiger partial charge on any atom is -0.378 e. The first-order valence-corrected chi connectivity index (χ1v) is 14.2. The molecule has 1 N–H and O–H groups in total. The van der Waals surface area contributed by atoms with Gasteiger partial charge < -0.3 is 19.7 Å². The summed E-state index contributed by atoms with van der Waals surface area (Å²) in [6.07, 6.45) is 0.708. The second kappa shape index (κ2) is 12.7. The van der Waals surface area contributed by atoms with Crippen LogP contribution in [0.3, 0.4) is 0 Å². The molecule has 0 bridgehead atoms. The molecule has 214 valence electrons. The van der Waals surface area contributed by atoms with Crippen LogP contribution in [0.2, 0.25) is 0 Å². The number of hydrogen-bond acceptors (Lipinski definition) is 3. The maximum atomic E-state index is 14.5. The molecule has 0 aliphatic rings. The molecule has 0 saturated carbocycles. The Kier molecular flexibility index (Phi) is 9.29. The monoisotopic (exact) mass is 572 g/mol. The predicted molar refractivity (Wildman–Crippen MR) is 170 cm³/mol. The molecular weight excluding hydrogens is 534 g/mol. The van der Waals surface area contributed by atoms with Gasteiger partial charge in [0, 0.05) is 62.6 Å². The van der Waals surface area contributed by atoms with Gasteiger partial charge in [0.25, 0.3) is 11.8 Å². The molecule has 6 nitrogen and oxygen atoms in total. The molecule has 8 heteroatoms. The van der Waals surface area contributed by atoms with Gasteiger partial charge in [-0.05, 0) is 73.9 Å². The molecule has 0 aliphatic heterocycles. The van der Waals surface area contributed by atoms with Crippen LogP contribution in [-0.4, -0.2) is 49.0 Å². The van der Waals surface area contributed by atoms with Gasteiger partial charge in [-0.25, -0.2) is 4.39 Å². The number of anilines is 2. The fourth-order valence-electron chi connectivity index (χ4n) is 4.80. The first-order chi connectivity index (χ1) is 19.5. The molecule has 0 saturated heterocycles. The van der Waals surface area contributed by atoms with Gasteiger partial charge in [0.05, 0.1) is 5.56 Å². The van der Waals surface area contributed by atoms with E-state index in [1.165, 1.54) is 6.92 Å². The van der Waals surface area contributed by atoms with Crippen LogP contribution in [0, 0.1) is 6.92 Å². The number of aromatic nitrogens is 1. The number of hydrogen-bond donors (Lipinski definition) is 1. The first-order valence-electron chi connectivity index (χ1n) is 13.6. The first kappa shape index (κ1) is 30.0. The van der Waals surface area contributed by atoms with Crippen molar-refractivity contribution in [2.75, 3.05) is 37.9 Å². The van der Waals surface area contributed by atoms with Crippen LogP contribution in [0.25, 0.3) is 11.3 Å². The van der Waals surface area contributed by atoms with E-state index in [4.69, 9.17) is 0 Å². The fraction of sp³-hybridized carbons (Fsp3) is 0.273. The largest absolute Gasteiger partial charge is 0.378 e. The number of nitrogens with zero attached hydrogens (tertiary/aromatic N) is 3. The molecule has 0 aliphatic carbocycles. The summed E-state index contributed by atoms with van der Waals surface area (Å²) in [6.45, 7) is 4.58. The van der Waals surface area contributed by atoms with E-state index in [1.54, 1.807) is 29.2 Å². The average Bonchev–Trinajstić information content (AvgIpc) is 3.28. The number of halogens is 1. The van der Waals surface area contributed by atoms with Crippen molar-refractivity contribution in [1.29, 1.82) is 0 Å². The Balaban J connectivity index is 1.52. The smallest absolute Gasteiger partial charge is 0.257 e. The standard InChI is InChI=1S/C33H38FN4O2P/c1-23-29(31(39)35-27-14-9-13-26(21-27)33(2,34)41)22-30(24-11-7-6-8-12-24)38(23)20-10-19-37(5)32(40)25-15-17-28(18-16-25)36(3)4/h6-9,11-18,21-22H,10,19-20,41H2,1-5H3,(H,35,39). The van der Waals surface area contributed by atoms with Crippen LogP contribution in [0.15, 0.2) is 84.9 Å². The van der Waals surface area contributed by atoms with E-state index >= 15 is 0 Å². The number of amides is 2. The number of carbonyl (C=O) groups is 2. The summed E-state index contributed by atoms with van der Waals surface area (Å²) >= 11 is 0. The second-order valence-electron chi connectivity index (χ2n) is 10.7. The molecule has 0 spiro atoms. The number of benzene rings is 3. The van der Waals surface area contributed by atoms with Crippen LogP contribution in [-0.2, 0) is 12.0 Å². The van der Waals surface area contributed by atoms with Crippen molar-refractivity contribution in [3.8, 4) is 11.3 Å². The van der Waals surface area contributed by atoms with E-state index in [-0.39, 0.29) is 11.8 Å². The van der Waals surface area contributed by atoms with Crippen LogP contribution in [0.5, 0.6) is 0 Å². The summed E-state index contributed by atoms with van der Waals surface area (Å²) < 4.78 is 16.6. The van der Waals surface area contributed by atoms with E-state index in [9.17, 15) is 14.0 Å². The van der Waals surface area contributed by atoms with Crippen molar-refractivity contribution in [3.63, 3.8) is 0 Å². The van der Waals surface area contributed by atoms with Crippen LogP contribution >= 0.6 is 9.24 Å². The molecule has 1 aromatic heterocycles. The molecule has 2 amide bonds. The summed E-state index contributed by atoms with van der Waals surface area (Å²) in [6, 6.07) is 26.3. The Labute approximate surface area is 244 Å². The van der Waals surface area contributed by atoms with Gasteiger partial charge in [0.15, 0.2) is 0 Å². The second-order valence-corrected chi connectivity index (χ2v) is 11.8. The summed E-state index contributed by atoms with van der Waals surface area (Å²) in [5.74, 6) is -0.284. The highest BCUT2D eigenvalue weighted by atomic mass is 31.0. The minimum atomic E-state index is -1.59. The molecule has 0 radical (unpaired) electrons. The highest BCUT2D eigenvalue weighted by molar-refractivity contribution is 7.18. The van der Waals surface area contributed by atoms with Crippen molar-refractivity contribution in [2.24, 2.45) is 0 Å². The SMILES string of the molecule is Cc1c(C(=O)Nc2cccc(C(C)(F)P)c2)cc(-c2ccccc2)n1CCCN(C)C(=O)c1ccc(N(C)C)cc1. The van der Waals surface area contributed by atoms with Crippen LogP contribution in [0.4, 0.5) is 15.8 Å². The van der Waals surface area contributed by atoms with Gasteiger partial charge in [-0.2, -0.15) is 0 Å². The van der Waals surface area contributed by atoms with Crippen molar-refractivity contribution >= 4 is 32.4 Å². The third kappa shape index (κ3) is 7.22. The molecular formula is C33H38FN4O2P. The van der Waals surface area contributed by atoms with Gasteiger partial charge in [0.2, 0.25) is 0 Å². The van der Waals surface area contributed by atoms with Gasteiger partial charge in [0.1, 0.15) is 5.41 Å². The number of carbonyl (C=O) groups excluding carboxylic acids is 2. The van der Waals surface area contributed by atoms with Gasteiger partial charge in [-0.15, -0.1) is 0 Å². The van der Waals surface area contributed by atoms with Crippen molar-refractivity contribution < 1.29 is 14.0 Å². The zero-order valence-corrected chi connectivity index (χ0v) is 25.5. The lowest BCUT2D eigenvalue weighted by Crippen LogP contribution is -2.28. The quantitative estimate of drug-likeness (QED) is 0.209. The van der Waals surface area contributed by atoms with E-state index in [0.29, 0.717) is 41.9 Å². The van der Waals surface area contributed by atoms with E-state index in [1.807, 2.05) is 93.6 Å². The Morgan fingerprint density at radius 1 is 0.951 bits per heavy atom. The van der Waals surface area contributed by atoms with E-state index < -0.39 is 5.41 Å². The summed E-state index contributed by atoms with van der Waals surface area (Å²) in [4.78, 5) is 30.1.